The van der Waals surface area contributed by atoms with Gasteiger partial charge in [0.2, 0.25) is 0 Å². The van der Waals surface area contributed by atoms with E-state index in [2.05, 4.69) is 30.9 Å². The quantitative estimate of drug-likeness (QED) is 0.716. The van der Waals surface area contributed by atoms with Crippen molar-refractivity contribution >= 4 is 0 Å². The van der Waals surface area contributed by atoms with Gasteiger partial charge < -0.3 is 5.11 Å². The average Bonchev–Trinajstić information content (AvgIpc) is 2.30. The van der Waals surface area contributed by atoms with Gasteiger partial charge in [-0.25, -0.2) is 0 Å². The lowest BCUT2D eigenvalue weighted by molar-refractivity contribution is 0.00434. The molecule has 0 saturated carbocycles. The van der Waals surface area contributed by atoms with Crippen molar-refractivity contribution in [2.75, 3.05) is 13.1 Å². The first-order valence-corrected chi connectivity index (χ1v) is 6.24. The summed E-state index contributed by atoms with van der Waals surface area (Å²) in [6.07, 6.45) is 2.56. The zero-order valence-electron chi connectivity index (χ0n) is 10.4. The molecule has 1 N–H and O–H groups in total. The SMILES string of the molecule is CCCN(CCC)C(O)Cc1ccccc1. The van der Waals surface area contributed by atoms with E-state index in [1.165, 1.54) is 5.56 Å². The van der Waals surface area contributed by atoms with Crippen LogP contribution in [0.2, 0.25) is 0 Å². The molecule has 0 radical (unpaired) electrons. The monoisotopic (exact) mass is 221 g/mol. The van der Waals surface area contributed by atoms with Gasteiger partial charge in [-0.1, -0.05) is 44.2 Å². The van der Waals surface area contributed by atoms with Crippen LogP contribution in [-0.2, 0) is 6.42 Å². The molecule has 1 aromatic rings. The van der Waals surface area contributed by atoms with Crippen LogP contribution in [0.15, 0.2) is 30.3 Å². The van der Waals surface area contributed by atoms with Crippen LogP contribution in [-0.4, -0.2) is 29.3 Å². The van der Waals surface area contributed by atoms with Gasteiger partial charge in [0, 0.05) is 19.5 Å². The first-order valence-electron chi connectivity index (χ1n) is 6.24. The van der Waals surface area contributed by atoms with Gasteiger partial charge in [0.15, 0.2) is 0 Å². The van der Waals surface area contributed by atoms with E-state index in [9.17, 15) is 5.11 Å². The van der Waals surface area contributed by atoms with E-state index in [1.807, 2.05) is 18.2 Å². The van der Waals surface area contributed by atoms with Crippen molar-refractivity contribution in [2.24, 2.45) is 0 Å². The normalized spacial score (nSPS) is 13.0. The van der Waals surface area contributed by atoms with E-state index in [0.29, 0.717) is 0 Å². The Hall–Kier alpha value is -0.860. The summed E-state index contributed by atoms with van der Waals surface area (Å²) in [6, 6.07) is 10.2. The molecule has 90 valence electrons. The van der Waals surface area contributed by atoms with Crippen LogP contribution < -0.4 is 0 Å². The molecule has 2 heteroatoms. The molecule has 0 fully saturated rings. The van der Waals surface area contributed by atoms with Crippen molar-refractivity contribution in [3.05, 3.63) is 35.9 Å². The number of benzene rings is 1. The first kappa shape index (κ1) is 13.2. The van der Waals surface area contributed by atoms with Gasteiger partial charge >= 0.3 is 0 Å². The lowest BCUT2D eigenvalue weighted by atomic mass is 10.1. The predicted molar refractivity (Wildman–Crippen MR) is 68.3 cm³/mol. The van der Waals surface area contributed by atoms with Gasteiger partial charge in [-0.2, -0.15) is 0 Å². The Morgan fingerprint density at radius 1 is 1.06 bits per heavy atom. The van der Waals surface area contributed by atoms with Gasteiger partial charge in [-0.15, -0.1) is 0 Å². The fourth-order valence-electron chi connectivity index (χ4n) is 1.94. The third-order valence-corrected chi connectivity index (χ3v) is 2.70. The van der Waals surface area contributed by atoms with E-state index in [-0.39, 0.29) is 6.23 Å². The van der Waals surface area contributed by atoms with Crippen LogP contribution in [0.5, 0.6) is 0 Å². The maximum Gasteiger partial charge on any atom is 0.111 e. The summed E-state index contributed by atoms with van der Waals surface area (Å²) in [4.78, 5) is 2.16. The van der Waals surface area contributed by atoms with E-state index < -0.39 is 0 Å². The van der Waals surface area contributed by atoms with Crippen LogP contribution in [0.1, 0.15) is 32.3 Å². The van der Waals surface area contributed by atoms with Gasteiger partial charge in [0.1, 0.15) is 6.23 Å². The number of hydrogen-bond donors (Lipinski definition) is 1. The molecular formula is C14H23NO. The summed E-state index contributed by atoms with van der Waals surface area (Å²) in [5, 5.41) is 10.2. The molecule has 0 amide bonds. The van der Waals surface area contributed by atoms with Crippen molar-refractivity contribution in [3.8, 4) is 0 Å². The molecule has 1 atom stereocenters. The van der Waals surface area contributed by atoms with Crippen molar-refractivity contribution in [1.29, 1.82) is 0 Å². The van der Waals surface area contributed by atoms with Crippen molar-refractivity contribution in [1.82, 2.24) is 4.90 Å². The molecular weight excluding hydrogens is 198 g/mol. The topological polar surface area (TPSA) is 23.5 Å². The second-order valence-electron chi connectivity index (χ2n) is 4.21. The summed E-state index contributed by atoms with van der Waals surface area (Å²) < 4.78 is 0. The molecule has 1 rings (SSSR count). The van der Waals surface area contributed by atoms with Gasteiger partial charge in [0.05, 0.1) is 0 Å². The van der Waals surface area contributed by atoms with Crippen molar-refractivity contribution in [2.45, 2.75) is 39.3 Å². The molecule has 0 aliphatic heterocycles. The minimum atomic E-state index is -0.345. The first-order chi connectivity index (χ1) is 7.77. The molecule has 1 unspecified atom stereocenters. The summed E-state index contributed by atoms with van der Waals surface area (Å²) in [5.74, 6) is 0. The van der Waals surface area contributed by atoms with Crippen LogP contribution >= 0.6 is 0 Å². The summed E-state index contributed by atoms with van der Waals surface area (Å²) in [6.45, 7) is 6.25. The molecule has 16 heavy (non-hydrogen) atoms. The van der Waals surface area contributed by atoms with Gasteiger partial charge in [0.25, 0.3) is 0 Å². The zero-order valence-corrected chi connectivity index (χ0v) is 10.4. The molecule has 0 saturated heterocycles. The maximum absolute atomic E-state index is 10.2. The van der Waals surface area contributed by atoms with Crippen molar-refractivity contribution in [3.63, 3.8) is 0 Å². The predicted octanol–water partition coefficient (Wildman–Crippen LogP) is 2.67. The summed E-state index contributed by atoms with van der Waals surface area (Å²) in [7, 11) is 0. The number of hydrogen-bond acceptors (Lipinski definition) is 2. The molecule has 1 aromatic carbocycles. The highest BCUT2D eigenvalue weighted by Gasteiger charge is 2.13. The number of aliphatic hydroxyl groups is 1. The van der Waals surface area contributed by atoms with E-state index in [4.69, 9.17) is 0 Å². The molecule has 0 aliphatic rings. The molecule has 2 nitrogen and oxygen atoms in total. The Morgan fingerprint density at radius 3 is 2.12 bits per heavy atom. The lowest BCUT2D eigenvalue weighted by Gasteiger charge is -2.27. The van der Waals surface area contributed by atoms with Crippen molar-refractivity contribution < 1.29 is 5.11 Å². The zero-order chi connectivity index (χ0) is 11.8. The van der Waals surface area contributed by atoms with E-state index >= 15 is 0 Å². The molecule has 0 spiro atoms. The Balaban J connectivity index is 2.51. The number of nitrogens with zero attached hydrogens (tertiary/aromatic N) is 1. The van der Waals surface area contributed by atoms with Crippen LogP contribution in [0, 0.1) is 0 Å². The van der Waals surface area contributed by atoms with Crippen LogP contribution in [0.4, 0.5) is 0 Å². The highest BCUT2D eigenvalue weighted by molar-refractivity contribution is 5.15. The third-order valence-electron chi connectivity index (χ3n) is 2.70. The number of rotatable bonds is 7. The lowest BCUT2D eigenvalue weighted by Crippen LogP contribution is -2.37. The summed E-state index contributed by atoms with van der Waals surface area (Å²) in [5.41, 5.74) is 1.20. The third kappa shape index (κ3) is 4.33. The summed E-state index contributed by atoms with van der Waals surface area (Å²) >= 11 is 0. The van der Waals surface area contributed by atoms with Crippen LogP contribution in [0.25, 0.3) is 0 Å². The second kappa shape index (κ2) is 7.42. The van der Waals surface area contributed by atoms with Gasteiger partial charge in [-0.3, -0.25) is 4.90 Å². The second-order valence-corrected chi connectivity index (χ2v) is 4.21. The standard InChI is InChI=1S/C14H23NO/c1-3-10-15(11-4-2)14(16)12-13-8-6-5-7-9-13/h5-9,14,16H,3-4,10-12H2,1-2H3. The van der Waals surface area contributed by atoms with E-state index in [1.54, 1.807) is 0 Å². The Bertz CT molecular complexity index is 267. The largest absolute Gasteiger partial charge is 0.378 e. The highest BCUT2D eigenvalue weighted by atomic mass is 16.3. The van der Waals surface area contributed by atoms with Gasteiger partial charge in [-0.05, 0) is 18.4 Å². The van der Waals surface area contributed by atoms with Crippen LogP contribution in [0.3, 0.4) is 0 Å². The smallest absolute Gasteiger partial charge is 0.111 e. The molecule has 0 bridgehead atoms. The Morgan fingerprint density at radius 2 is 1.62 bits per heavy atom. The average molecular weight is 221 g/mol. The number of aliphatic hydroxyl groups excluding tert-OH is 1. The maximum atomic E-state index is 10.2. The fourth-order valence-corrected chi connectivity index (χ4v) is 1.94. The fraction of sp³-hybridized carbons (Fsp3) is 0.571. The molecule has 0 aliphatic carbocycles. The highest BCUT2D eigenvalue weighted by Crippen LogP contribution is 2.08. The minimum Gasteiger partial charge on any atom is -0.378 e. The Labute approximate surface area is 98.9 Å². The Kier molecular flexibility index (Phi) is 6.12. The molecule has 0 heterocycles. The molecule has 0 aromatic heterocycles. The minimum absolute atomic E-state index is 0.345. The van der Waals surface area contributed by atoms with E-state index in [0.717, 1.165) is 32.4 Å².